The maximum atomic E-state index is 12.9. The van der Waals surface area contributed by atoms with Gasteiger partial charge in [-0.05, 0) is 41.3 Å². The molecule has 140 valence electrons. The molecule has 1 aliphatic heterocycles. The van der Waals surface area contributed by atoms with Crippen LogP contribution in [-0.4, -0.2) is 26.7 Å². The van der Waals surface area contributed by atoms with E-state index in [1.54, 1.807) is 48.8 Å². The van der Waals surface area contributed by atoms with Crippen molar-refractivity contribution in [2.75, 3.05) is 0 Å². The summed E-state index contributed by atoms with van der Waals surface area (Å²) >= 11 is 7.46. The molecule has 5 nitrogen and oxygen atoms in total. The van der Waals surface area contributed by atoms with Gasteiger partial charge in [-0.25, -0.2) is 0 Å². The lowest BCUT2D eigenvalue weighted by Crippen LogP contribution is -2.28. The van der Waals surface area contributed by atoms with Crippen LogP contribution >= 0.6 is 22.9 Å². The number of aromatic nitrogens is 1. The van der Waals surface area contributed by atoms with Gasteiger partial charge in [0, 0.05) is 34.4 Å². The van der Waals surface area contributed by atoms with Crippen molar-refractivity contribution in [1.82, 2.24) is 9.88 Å². The molecule has 7 heteroatoms. The van der Waals surface area contributed by atoms with Crippen LogP contribution in [0.3, 0.4) is 0 Å². The van der Waals surface area contributed by atoms with Crippen LogP contribution in [0.25, 0.3) is 5.76 Å². The van der Waals surface area contributed by atoms with E-state index in [2.05, 4.69) is 4.98 Å². The second-order valence-electron chi connectivity index (χ2n) is 6.31. The van der Waals surface area contributed by atoms with Crippen LogP contribution < -0.4 is 0 Å². The molecule has 0 bridgehead atoms. The fraction of sp³-hybridized carbons (Fsp3) is 0.0952. The van der Waals surface area contributed by atoms with Crippen LogP contribution in [0.5, 0.6) is 0 Å². The molecule has 1 atom stereocenters. The Morgan fingerprint density at radius 1 is 1.14 bits per heavy atom. The highest BCUT2D eigenvalue weighted by atomic mass is 35.5. The monoisotopic (exact) mass is 410 g/mol. The van der Waals surface area contributed by atoms with E-state index >= 15 is 0 Å². The fourth-order valence-corrected chi connectivity index (χ4v) is 4.30. The SMILES string of the molecule is O=C1C(=O)N(Cc2ccncc2)C(c2cccs2)/C1=C(/O)c1cccc(Cl)c1. The van der Waals surface area contributed by atoms with Crippen LogP contribution in [0.4, 0.5) is 0 Å². The zero-order valence-corrected chi connectivity index (χ0v) is 16.2. The van der Waals surface area contributed by atoms with E-state index in [1.807, 2.05) is 17.5 Å². The number of rotatable bonds is 4. The number of thiophene rings is 1. The van der Waals surface area contributed by atoms with Gasteiger partial charge in [0.15, 0.2) is 0 Å². The van der Waals surface area contributed by atoms with Crippen molar-refractivity contribution in [1.29, 1.82) is 0 Å². The molecule has 3 aromatic rings. The predicted octanol–water partition coefficient (Wildman–Crippen LogP) is 4.42. The van der Waals surface area contributed by atoms with Gasteiger partial charge in [-0.15, -0.1) is 11.3 Å². The second kappa shape index (κ2) is 7.58. The molecule has 0 radical (unpaired) electrons. The number of benzene rings is 1. The first-order chi connectivity index (χ1) is 13.6. The number of amides is 1. The lowest BCUT2D eigenvalue weighted by molar-refractivity contribution is -0.140. The van der Waals surface area contributed by atoms with E-state index in [1.165, 1.54) is 16.2 Å². The van der Waals surface area contributed by atoms with Crippen molar-refractivity contribution in [3.05, 3.63) is 92.9 Å². The number of pyridine rings is 1. The molecule has 1 fully saturated rings. The first-order valence-electron chi connectivity index (χ1n) is 8.53. The highest BCUT2D eigenvalue weighted by Gasteiger charge is 2.46. The van der Waals surface area contributed by atoms with Crippen molar-refractivity contribution >= 4 is 40.4 Å². The molecule has 2 aromatic heterocycles. The van der Waals surface area contributed by atoms with E-state index in [4.69, 9.17) is 11.6 Å². The third-order valence-electron chi connectivity index (χ3n) is 4.55. The Morgan fingerprint density at radius 2 is 1.93 bits per heavy atom. The number of aliphatic hydroxyl groups excluding tert-OH is 1. The van der Waals surface area contributed by atoms with E-state index in [0.717, 1.165) is 10.4 Å². The van der Waals surface area contributed by atoms with Gasteiger partial charge in [0.1, 0.15) is 5.76 Å². The molecule has 0 aliphatic carbocycles. The van der Waals surface area contributed by atoms with Gasteiger partial charge in [0.25, 0.3) is 11.7 Å². The first-order valence-corrected chi connectivity index (χ1v) is 9.78. The molecule has 28 heavy (non-hydrogen) atoms. The summed E-state index contributed by atoms with van der Waals surface area (Å²) in [5, 5.41) is 13.2. The number of halogens is 1. The van der Waals surface area contributed by atoms with Gasteiger partial charge in [0.2, 0.25) is 0 Å². The van der Waals surface area contributed by atoms with Gasteiger partial charge in [0.05, 0.1) is 11.6 Å². The average Bonchev–Trinajstić information content (AvgIpc) is 3.31. The topological polar surface area (TPSA) is 70.5 Å². The Hall–Kier alpha value is -2.96. The maximum Gasteiger partial charge on any atom is 0.295 e. The molecule has 0 saturated carbocycles. The van der Waals surface area contributed by atoms with Gasteiger partial charge < -0.3 is 10.0 Å². The summed E-state index contributed by atoms with van der Waals surface area (Å²) in [4.78, 5) is 32.0. The summed E-state index contributed by atoms with van der Waals surface area (Å²) in [7, 11) is 0. The minimum absolute atomic E-state index is 0.0729. The highest BCUT2D eigenvalue weighted by molar-refractivity contribution is 7.10. The normalized spacial score (nSPS) is 18.6. The molecular formula is C21H15ClN2O3S. The molecule has 1 aliphatic rings. The number of likely N-dealkylation sites (tertiary alicyclic amines) is 1. The van der Waals surface area contributed by atoms with Gasteiger partial charge in [-0.1, -0.05) is 29.8 Å². The molecule has 1 amide bonds. The Bertz CT molecular complexity index is 1060. The largest absolute Gasteiger partial charge is 0.507 e. The van der Waals surface area contributed by atoms with Gasteiger partial charge in [-0.3, -0.25) is 14.6 Å². The molecule has 3 heterocycles. The number of Topliss-reactive ketones (excluding diaryl/α,β-unsaturated/α-hetero) is 1. The molecular weight excluding hydrogens is 396 g/mol. The summed E-state index contributed by atoms with van der Waals surface area (Å²) in [5.74, 6) is -1.57. The van der Waals surface area contributed by atoms with Crippen molar-refractivity contribution in [3.63, 3.8) is 0 Å². The summed E-state index contributed by atoms with van der Waals surface area (Å²) in [6.07, 6.45) is 3.27. The summed E-state index contributed by atoms with van der Waals surface area (Å²) < 4.78 is 0. The van der Waals surface area contributed by atoms with Crippen molar-refractivity contribution in [2.24, 2.45) is 0 Å². The third-order valence-corrected chi connectivity index (χ3v) is 5.71. The third kappa shape index (κ3) is 3.32. The zero-order valence-electron chi connectivity index (χ0n) is 14.6. The van der Waals surface area contributed by atoms with E-state index in [-0.39, 0.29) is 17.9 Å². The lowest BCUT2D eigenvalue weighted by Gasteiger charge is -2.24. The Balaban J connectivity index is 1.84. The quantitative estimate of drug-likeness (QED) is 0.392. The number of hydrogen-bond acceptors (Lipinski definition) is 5. The van der Waals surface area contributed by atoms with E-state index < -0.39 is 17.7 Å². The van der Waals surface area contributed by atoms with Crippen LogP contribution in [0.15, 0.2) is 71.9 Å². The minimum atomic E-state index is -0.704. The molecule has 1 saturated heterocycles. The molecule has 1 N–H and O–H groups in total. The first kappa shape index (κ1) is 18.4. The average molecular weight is 411 g/mol. The molecule has 1 unspecified atom stereocenters. The summed E-state index contributed by atoms with van der Waals surface area (Å²) in [5.41, 5.74) is 1.32. The van der Waals surface area contributed by atoms with E-state index in [0.29, 0.717) is 10.6 Å². The number of carbonyl (C=O) groups is 2. The predicted molar refractivity (Wildman–Crippen MR) is 108 cm³/mol. The van der Waals surface area contributed by atoms with Crippen LogP contribution in [0, 0.1) is 0 Å². The van der Waals surface area contributed by atoms with Crippen molar-refractivity contribution in [2.45, 2.75) is 12.6 Å². The van der Waals surface area contributed by atoms with Crippen molar-refractivity contribution in [3.8, 4) is 0 Å². The van der Waals surface area contributed by atoms with Gasteiger partial charge >= 0.3 is 0 Å². The smallest absolute Gasteiger partial charge is 0.295 e. The molecule has 0 spiro atoms. The lowest BCUT2D eigenvalue weighted by atomic mass is 10.00. The van der Waals surface area contributed by atoms with Crippen LogP contribution in [-0.2, 0) is 16.1 Å². The Morgan fingerprint density at radius 3 is 2.61 bits per heavy atom. The number of nitrogens with zero attached hydrogens (tertiary/aromatic N) is 2. The maximum absolute atomic E-state index is 12.9. The minimum Gasteiger partial charge on any atom is -0.507 e. The summed E-state index contributed by atoms with van der Waals surface area (Å²) in [6.45, 7) is 0.238. The standard InChI is InChI=1S/C21H15ClN2O3S/c22-15-4-1-3-14(11-15)19(25)17-18(16-5-2-10-28-16)24(21(27)20(17)26)12-13-6-8-23-9-7-13/h1-11,18,25H,12H2/b19-17-. The Kier molecular flexibility index (Phi) is 4.98. The number of aliphatic hydroxyl groups is 1. The van der Waals surface area contributed by atoms with E-state index in [9.17, 15) is 14.7 Å². The molecule has 4 rings (SSSR count). The van der Waals surface area contributed by atoms with Gasteiger partial charge in [-0.2, -0.15) is 0 Å². The number of ketones is 1. The molecule has 1 aromatic carbocycles. The van der Waals surface area contributed by atoms with Crippen LogP contribution in [0.1, 0.15) is 22.0 Å². The Labute approximate surface area is 170 Å². The zero-order chi connectivity index (χ0) is 19.7. The van der Waals surface area contributed by atoms with Crippen molar-refractivity contribution < 1.29 is 14.7 Å². The van der Waals surface area contributed by atoms with Crippen LogP contribution in [0.2, 0.25) is 5.02 Å². The highest BCUT2D eigenvalue weighted by Crippen LogP contribution is 2.41. The number of carbonyl (C=O) groups excluding carboxylic acids is 2. The second-order valence-corrected chi connectivity index (χ2v) is 7.72. The fourth-order valence-electron chi connectivity index (χ4n) is 3.26. The summed E-state index contributed by atoms with van der Waals surface area (Å²) in [6, 6.07) is 13.2. The number of hydrogen-bond donors (Lipinski definition) is 1.